The Morgan fingerprint density at radius 1 is 1.31 bits per heavy atom. The second-order valence-electron chi connectivity index (χ2n) is 4.78. The average molecular weight is 230 g/mol. The standard InChI is InChI=1S/C12H26N2O2/c1-5-8-11(4,13)10(15)14-9-12(16,6-2)7-3/h16H,5-9,13H2,1-4H3,(H,14,15). The first-order chi connectivity index (χ1) is 7.31. The fraction of sp³-hybridized carbons (Fsp3) is 0.917. The van der Waals surface area contributed by atoms with Gasteiger partial charge in [0.15, 0.2) is 0 Å². The minimum absolute atomic E-state index is 0.185. The number of amides is 1. The van der Waals surface area contributed by atoms with E-state index < -0.39 is 11.1 Å². The van der Waals surface area contributed by atoms with E-state index in [-0.39, 0.29) is 12.5 Å². The third-order valence-electron chi connectivity index (χ3n) is 3.18. The summed E-state index contributed by atoms with van der Waals surface area (Å²) in [4.78, 5) is 11.8. The van der Waals surface area contributed by atoms with Gasteiger partial charge >= 0.3 is 0 Å². The molecule has 0 radical (unpaired) electrons. The maximum Gasteiger partial charge on any atom is 0.239 e. The highest BCUT2D eigenvalue weighted by Crippen LogP contribution is 2.14. The van der Waals surface area contributed by atoms with Crippen LogP contribution >= 0.6 is 0 Å². The summed E-state index contributed by atoms with van der Waals surface area (Å²) in [6.45, 7) is 7.80. The molecule has 0 aromatic carbocycles. The smallest absolute Gasteiger partial charge is 0.239 e. The van der Waals surface area contributed by atoms with Gasteiger partial charge in [-0.25, -0.2) is 0 Å². The zero-order chi connectivity index (χ0) is 12.8. The minimum Gasteiger partial charge on any atom is -0.388 e. The summed E-state index contributed by atoms with van der Waals surface area (Å²) in [5.74, 6) is -0.185. The molecule has 0 saturated heterocycles. The van der Waals surface area contributed by atoms with E-state index in [2.05, 4.69) is 5.32 Å². The van der Waals surface area contributed by atoms with Gasteiger partial charge in [0.2, 0.25) is 5.91 Å². The predicted molar refractivity (Wildman–Crippen MR) is 66.0 cm³/mol. The Hall–Kier alpha value is -0.610. The van der Waals surface area contributed by atoms with Gasteiger partial charge in [0.05, 0.1) is 11.1 Å². The number of nitrogens with one attached hydrogen (secondary N) is 1. The van der Waals surface area contributed by atoms with E-state index in [1.54, 1.807) is 6.92 Å². The van der Waals surface area contributed by atoms with Crippen LogP contribution in [0.1, 0.15) is 53.4 Å². The molecule has 0 aromatic rings. The summed E-state index contributed by atoms with van der Waals surface area (Å²) in [6, 6.07) is 0. The lowest BCUT2D eigenvalue weighted by Crippen LogP contribution is -2.54. The van der Waals surface area contributed by atoms with Crippen LogP contribution in [0.4, 0.5) is 0 Å². The van der Waals surface area contributed by atoms with Crippen LogP contribution in [-0.2, 0) is 4.79 Å². The van der Waals surface area contributed by atoms with Crippen LogP contribution in [0.3, 0.4) is 0 Å². The highest BCUT2D eigenvalue weighted by Gasteiger charge is 2.30. The number of nitrogens with two attached hydrogens (primary N) is 1. The van der Waals surface area contributed by atoms with Crippen molar-refractivity contribution < 1.29 is 9.90 Å². The van der Waals surface area contributed by atoms with Crippen molar-refractivity contribution in [2.75, 3.05) is 6.54 Å². The molecule has 0 heterocycles. The van der Waals surface area contributed by atoms with Gasteiger partial charge in [-0.05, 0) is 26.2 Å². The topological polar surface area (TPSA) is 75.4 Å². The highest BCUT2D eigenvalue weighted by atomic mass is 16.3. The van der Waals surface area contributed by atoms with Crippen molar-refractivity contribution in [3.63, 3.8) is 0 Å². The lowest BCUT2D eigenvalue weighted by atomic mass is 9.94. The Bertz CT molecular complexity index is 223. The Morgan fingerprint density at radius 3 is 2.19 bits per heavy atom. The molecule has 0 fully saturated rings. The molecule has 16 heavy (non-hydrogen) atoms. The molecule has 1 unspecified atom stereocenters. The van der Waals surface area contributed by atoms with Gasteiger partial charge in [-0.15, -0.1) is 0 Å². The third kappa shape index (κ3) is 4.49. The predicted octanol–water partition coefficient (Wildman–Crippen LogP) is 1.17. The summed E-state index contributed by atoms with van der Waals surface area (Å²) in [6.07, 6.45) is 2.76. The maximum absolute atomic E-state index is 11.8. The number of carbonyl (C=O) groups excluding carboxylic acids is 1. The first-order valence-electron chi connectivity index (χ1n) is 6.11. The van der Waals surface area contributed by atoms with E-state index in [1.807, 2.05) is 20.8 Å². The second kappa shape index (κ2) is 6.21. The number of hydrogen-bond acceptors (Lipinski definition) is 3. The summed E-state index contributed by atoms with van der Waals surface area (Å²) >= 11 is 0. The van der Waals surface area contributed by atoms with Crippen LogP contribution in [-0.4, -0.2) is 28.7 Å². The van der Waals surface area contributed by atoms with E-state index in [9.17, 15) is 9.90 Å². The molecule has 4 heteroatoms. The van der Waals surface area contributed by atoms with E-state index in [1.165, 1.54) is 0 Å². The molecule has 0 saturated carbocycles. The van der Waals surface area contributed by atoms with Crippen molar-refractivity contribution in [3.8, 4) is 0 Å². The van der Waals surface area contributed by atoms with Crippen molar-refractivity contribution >= 4 is 5.91 Å². The van der Waals surface area contributed by atoms with Gasteiger partial charge in [-0.1, -0.05) is 27.2 Å². The van der Waals surface area contributed by atoms with Crippen molar-refractivity contribution in [3.05, 3.63) is 0 Å². The van der Waals surface area contributed by atoms with Gasteiger partial charge in [-0.3, -0.25) is 4.79 Å². The molecule has 4 nitrogen and oxygen atoms in total. The SMILES string of the molecule is CCCC(C)(N)C(=O)NCC(O)(CC)CC. The van der Waals surface area contributed by atoms with E-state index in [0.717, 1.165) is 6.42 Å². The van der Waals surface area contributed by atoms with Crippen LogP contribution in [0.15, 0.2) is 0 Å². The van der Waals surface area contributed by atoms with Crippen LogP contribution in [0.2, 0.25) is 0 Å². The van der Waals surface area contributed by atoms with Gasteiger partial charge < -0.3 is 16.2 Å². The third-order valence-corrected chi connectivity index (χ3v) is 3.18. The van der Waals surface area contributed by atoms with Crippen molar-refractivity contribution in [2.45, 2.75) is 64.5 Å². The first-order valence-corrected chi connectivity index (χ1v) is 6.11. The number of aliphatic hydroxyl groups is 1. The van der Waals surface area contributed by atoms with Crippen LogP contribution in [0.25, 0.3) is 0 Å². The van der Waals surface area contributed by atoms with Gasteiger partial charge in [0, 0.05) is 6.54 Å². The number of hydrogen-bond donors (Lipinski definition) is 3. The Labute approximate surface area is 98.6 Å². The zero-order valence-electron chi connectivity index (χ0n) is 11.0. The molecule has 1 atom stereocenters. The lowest BCUT2D eigenvalue weighted by molar-refractivity contribution is -0.127. The highest BCUT2D eigenvalue weighted by molar-refractivity contribution is 5.85. The van der Waals surface area contributed by atoms with Crippen molar-refractivity contribution in [1.82, 2.24) is 5.32 Å². The van der Waals surface area contributed by atoms with Gasteiger partial charge in [0.1, 0.15) is 0 Å². The molecule has 0 aliphatic heterocycles. The molecule has 0 bridgehead atoms. The Morgan fingerprint density at radius 2 is 1.81 bits per heavy atom. The molecule has 1 amide bonds. The molecular weight excluding hydrogens is 204 g/mol. The quantitative estimate of drug-likeness (QED) is 0.614. The molecule has 96 valence electrons. The summed E-state index contributed by atoms with van der Waals surface area (Å²) in [5, 5.41) is 12.8. The fourth-order valence-corrected chi connectivity index (χ4v) is 1.58. The molecule has 0 rings (SSSR count). The zero-order valence-corrected chi connectivity index (χ0v) is 11.0. The fourth-order valence-electron chi connectivity index (χ4n) is 1.58. The number of rotatable bonds is 7. The van der Waals surface area contributed by atoms with E-state index in [4.69, 9.17) is 5.73 Å². The van der Waals surface area contributed by atoms with Crippen LogP contribution in [0, 0.1) is 0 Å². The molecule has 0 aliphatic rings. The summed E-state index contributed by atoms with van der Waals surface area (Å²) in [7, 11) is 0. The largest absolute Gasteiger partial charge is 0.388 e. The molecule has 4 N–H and O–H groups in total. The van der Waals surface area contributed by atoms with Gasteiger partial charge in [-0.2, -0.15) is 0 Å². The van der Waals surface area contributed by atoms with E-state index in [0.29, 0.717) is 19.3 Å². The molecular formula is C12H26N2O2. The monoisotopic (exact) mass is 230 g/mol. The minimum atomic E-state index is -0.836. The van der Waals surface area contributed by atoms with Crippen molar-refractivity contribution in [2.24, 2.45) is 5.73 Å². The van der Waals surface area contributed by atoms with Gasteiger partial charge in [0.25, 0.3) is 0 Å². The van der Waals surface area contributed by atoms with E-state index >= 15 is 0 Å². The van der Waals surface area contributed by atoms with Crippen LogP contribution < -0.4 is 11.1 Å². The molecule has 0 aromatic heterocycles. The van der Waals surface area contributed by atoms with Crippen molar-refractivity contribution in [1.29, 1.82) is 0 Å². The number of carbonyl (C=O) groups is 1. The molecule has 0 spiro atoms. The Balaban J connectivity index is 4.26. The lowest BCUT2D eigenvalue weighted by Gasteiger charge is -2.29. The average Bonchev–Trinajstić information content (AvgIpc) is 2.25. The first kappa shape index (κ1) is 15.4. The maximum atomic E-state index is 11.8. The summed E-state index contributed by atoms with van der Waals surface area (Å²) < 4.78 is 0. The second-order valence-corrected chi connectivity index (χ2v) is 4.78. The summed E-state index contributed by atoms with van der Waals surface area (Å²) in [5.41, 5.74) is 4.25. The molecule has 0 aliphatic carbocycles. The van der Waals surface area contributed by atoms with Crippen LogP contribution in [0.5, 0.6) is 0 Å². The normalized spacial score (nSPS) is 15.6. The Kier molecular flexibility index (Phi) is 5.97.